The highest BCUT2D eigenvalue weighted by Gasteiger charge is 2.15. The maximum absolute atomic E-state index is 11.8. The zero-order valence-electron chi connectivity index (χ0n) is 11.3. The van der Waals surface area contributed by atoms with Crippen molar-refractivity contribution in [3.8, 4) is 12.3 Å². The van der Waals surface area contributed by atoms with Crippen molar-refractivity contribution in [1.82, 2.24) is 15.6 Å². The lowest BCUT2D eigenvalue weighted by Crippen LogP contribution is -2.44. The highest BCUT2D eigenvalue weighted by atomic mass is 79.9. The first-order chi connectivity index (χ1) is 8.93. The summed E-state index contributed by atoms with van der Waals surface area (Å²) >= 11 is 3.32. The van der Waals surface area contributed by atoms with E-state index in [9.17, 15) is 4.79 Å². The summed E-state index contributed by atoms with van der Waals surface area (Å²) in [5.41, 5.74) is 0.792. The molecule has 0 bridgehead atoms. The average molecular weight is 324 g/mol. The van der Waals surface area contributed by atoms with Crippen LogP contribution in [-0.2, 0) is 0 Å². The highest BCUT2D eigenvalue weighted by Crippen LogP contribution is 2.13. The van der Waals surface area contributed by atoms with E-state index >= 15 is 0 Å². The van der Waals surface area contributed by atoms with Gasteiger partial charge in [-0.2, -0.15) is 0 Å². The minimum atomic E-state index is -0.283. The molecule has 19 heavy (non-hydrogen) atoms. The Bertz CT molecular complexity index is 465. The molecule has 0 saturated heterocycles. The molecule has 0 saturated carbocycles. The van der Waals surface area contributed by atoms with Gasteiger partial charge in [0.2, 0.25) is 0 Å². The van der Waals surface area contributed by atoms with Gasteiger partial charge in [0, 0.05) is 10.7 Å². The number of carbonyl (C=O) groups excluding carboxylic acids is 1. The fourth-order valence-corrected chi connectivity index (χ4v) is 1.73. The van der Waals surface area contributed by atoms with Gasteiger partial charge in [0.05, 0.1) is 17.8 Å². The Morgan fingerprint density at radius 2 is 2.05 bits per heavy atom. The largest absolute Gasteiger partial charge is 0.330 e. The minimum absolute atomic E-state index is 0.182. The van der Waals surface area contributed by atoms with Gasteiger partial charge in [-0.15, -0.1) is 6.42 Å². The Labute approximate surface area is 122 Å². The SMILES string of the molecule is C#C[C@H](NC(=O)N[C@@H](C)c1ccc(Br)cn1)C(C)C. The van der Waals surface area contributed by atoms with Crippen LogP contribution in [0.3, 0.4) is 0 Å². The number of carbonyl (C=O) groups is 1. The van der Waals surface area contributed by atoms with E-state index in [0.29, 0.717) is 0 Å². The van der Waals surface area contributed by atoms with Gasteiger partial charge in [-0.3, -0.25) is 4.98 Å². The lowest BCUT2D eigenvalue weighted by atomic mass is 10.1. The van der Waals surface area contributed by atoms with Crippen molar-refractivity contribution in [2.75, 3.05) is 0 Å². The Balaban J connectivity index is 2.57. The van der Waals surface area contributed by atoms with Crippen molar-refractivity contribution >= 4 is 22.0 Å². The number of rotatable bonds is 4. The van der Waals surface area contributed by atoms with Crippen LogP contribution >= 0.6 is 15.9 Å². The molecule has 0 aliphatic carbocycles. The number of nitrogens with one attached hydrogen (secondary N) is 2. The monoisotopic (exact) mass is 323 g/mol. The first kappa shape index (κ1) is 15.5. The van der Waals surface area contributed by atoms with Crippen molar-refractivity contribution in [2.24, 2.45) is 5.92 Å². The van der Waals surface area contributed by atoms with Crippen LogP contribution in [-0.4, -0.2) is 17.1 Å². The number of amides is 2. The molecule has 0 unspecified atom stereocenters. The van der Waals surface area contributed by atoms with E-state index in [1.807, 2.05) is 32.9 Å². The number of hydrogen-bond donors (Lipinski definition) is 2. The maximum Gasteiger partial charge on any atom is 0.316 e. The van der Waals surface area contributed by atoms with Gasteiger partial charge in [0.15, 0.2) is 0 Å². The molecule has 2 atom stereocenters. The fourth-order valence-electron chi connectivity index (χ4n) is 1.50. The number of urea groups is 1. The third kappa shape index (κ3) is 4.92. The third-order valence-electron chi connectivity index (χ3n) is 2.67. The molecule has 102 valence electrons. The van der Waals surface area contributed by atoms with Gasteiger partial charge in [-0.1, -0.05) is 19.8 Å². The normalized spacial score (nSPS) is 13.5. The van der Waals surface area contributed by atoms with Crippen LogP contribution in [0, 0.1) is 18.3 Å². The molecule has 0 fully saturated rings. The fraction of sp³-hybridized carbons (Fsp3) is 0.429. The summed E-state index contributed by atoms with van der Waals surface area (Å²) in [6, 6.07) is 3.00. The number of hydrogen-bond acceptors (Lipinski definition) is 2. The smallest absolute Gasteiger partial charge is 0.316 e. The molecule has 4 nitrogen and oxygen atoms in total. The van der Waals surface area contributed by atoms with Crippen molar-refractivity contribution in [3.05, 3.63) is 28.5 Å². The standard InChI is InChI=1S/C14H18BrN3O/c1-5-12(9(2)3)18-14(19)17-10(4)13-7-6-11(15)8-16-13/h1,6-10,12H,2-4H3,(H2,17,18,19)/t10-,12-/m0/s1. The third-order valence-corrected chi connectivity index (χ3v) is 3.14. The molecule has 0 aliphatic rings. The summed E-state index contributed by atoms with van der Waals surface area (Å²) in [6.45, 7) is 5.80. The maximum atomic E-state index is 11.8. The van der Waals surface area contributed by atoms with Crippen LogP contribution in [0.2, 0.25) is 0 Å². The van der Waals surface area contributed by atoms with Crippen molar-refractivity contribution in [2.45, 2.75) is 32.9 Å². The van der Waals surface area contributed by atoms with Crippen LogP contribution in [0.1, 0.15) is 32.5 Å². The van der Waals surface area contributed by atoms with Gasteiger partial charge < -0.3 is 10.6 Å². The van der Waals surface area contributed by atoms with E-state index < -0.39 is 0 Å². The molecule has 0 radical (unpaired) electrons. The zero-order valence-corrected chi connectivity index (χ0v) is 12.9. The molecule has 0 spiro atoms. The summed E-state index contributed by atoms with van der Waals surface area (Å²) in [7, 11) is 0. The van der Waals surface area contributed by atoms with Gasteiger partial charge in [0.1, 0.15) is 0 Å². The van der Waals surface area contributed by atoms with Crippen molar-refractivity contribution in [1.29, 1.82) is 0 Å². The summed E-state index contributed by atoms with van der Waals surface area (Å²) in [4.78, 5) is 16.0. The van der Waals surface area contributed by atoms with Gasteiger partial charge in [-0.05, 0) is 40.9 Å². The second kappa shape index (κ2) is 7.15. The molecule has 1 heterocycles. The molecular formula is C14H18BrN3O. The van der Waals surface area contributed by atoms with Crippen LogP contribution in [0.5, 0.6) is 0 Å². The van der Waals surface area contributed by atoms with E-state index in [2.05, 4.69) is 37.5 Å². The van der Waals surface area contributed by atoms with Crippen molar-refractivity contribution < 1.29 is 4.79 Å². The Kier molecular flexibility index (Phi) is 5.84. The van der Waals surface area contributed by atoms with E-state index in [1.54, 1.807) is 6.20 Å². The molecule has 0 aromatic carbocycles. The molecule has 1 rings (SSSR count). The van der Waals surface area contributed by atoms with Crippen LogP contribution < -0.4 is 10.6 Å². The quantitative estimate of drug-likeness (QED) is 0.837. The molecule has 2 amide bonds. The Morgan fingerprint density at radius 1 is 1.37 bits per heavy atom. The Morgan fingerprint density at radius 3 is 2.53 bits per heavy atom. The lowest BCUT2D eigenvalue weighted by molar-refractivity contribution is 0.233. The first-order valence-electron chi connectivity index (χ1n) is 6.08. The summed E-state index contributed by atoms with van der Waals surface area (Å²) in [5.74, 6) is 2.75. The number of terminal acetylenes is 1. The number of nitrogens with zero attached hydrogens (tertiary/aromatic N) is 1. The molecule has 0 aliphatic heterocycles. The van der Waals surface area contributed by atoms with Gasteiger partial charge in [-0.25, -0.2) is 4.79 Å². The minimum Gasteiger partial charge on any atom is -0.330 e. The molecule has 5 heteroatoms. The molecule has 1 aromatic heterocycles. The van der Waals surface area contributed by atoms with Crippen LogP contribution in [0.4, 0.5) is 4.79 Å². The Hall–Kier alpha value is -1.54. The van der Waals surface area contributed by atoms with Crippen LogP contribution in [0.25, 0.3) is 0 Å². The summed E-state index contributed by atoms with van der Waals surface area (Å²) < 4.78 is 0.903. The van der Waals surface area contributed by atoms with E-state index in [-0.39, 0.29) is 24.0 Å². The highest BCUT2D eigenvalue weighted by molar-refractivity contribution is 9.10. The second-order valence-electron chi connectivity index (χ2n) is 4.63. The summed E-state index contributed by atoms with van der Waals surface area (Å²) in [6.07, 6.45) is 7.07. The molecule has 1 aromatic rings. The number of pyridine rings is 1. The van der Waals surface area contributed by atoms with Crippen molar-refractivity contribution in [3.63, 3.8) is 0 Å². The lowest BCUT2D eigenvalue weighted by Gasteiger charge is -2.19. The van der Waals surface area contributed by atoms with Crippen LogP contribution in [0.15, 0.2) is 22.8 Å². The number of aromatic nitrogens is 1. The first-order valence-corrected chi connectivity index (χ1v) is 6.88. The second-order valence-corrected chi connectivity index (χ2v) is 5.54. The van der Waals surface area contributed by atoms with Gasteiger partial charge in [0.25, 0.3) is 0 Å². The predicted octanol–water partition coefficient (Wildman–Crippen LogP) is 2.86. The topological polar surface area (TPSA) is 54.0 Å². The van der Waals surface area contributed by atoms with E-state index in [1.165, 1.54) is 0 Å². The van der Waals surface area contributed by atoms with E-state index in [4.69, 9.17) is 6.42 Å². The average Bonchev–Trinajstić information content (AvgIpc) is 2.36. The molecular weight excluding hydrogens is 306 g/mol. The number of halogens is 1. The van der Waals surface area contributed by atoms with Gasteiger partial charge >= 0.3 is 6.03 Å². The predicted molar refractivity (Wildman–Crippen MR) is 79.5 cm³/mol. The van der Waals surface area contributed by atoms with E-state index in [0.717, 1.165) is 10.2 Å². The molecule has 2 N–H and O–H groups in total. The zero-order chi connectivity index (χ0) is 14.4. The summed E-state index contributed by atoms with van der Waals surface area (Å²) in [5, 5.41) is 5.57.